The fraction of sp³-hybridized carbons (Fsp3) is 0.462. The molecule has 0 aliphatic heterocycles. The highest BCUT2D eigenvalue weighted by atomic mass is 16.5. The average molecular weight is 237 g/mol. The Hall–Kier alpha value is -1.71. The predicted octanol–water partition coefficient (Wildman–Crippen LogP) is 1.99. The lowest BCUT2D eigenvalue weighted by Crippen LogP contribution is -2.36. The second-order valence-corrected chi connectivity index (χ2v) is 3.70. The average Bonchev–Trinajstić information content (AvgIpc) is 2.36. The first-order valence-electron chi connectivity index (χ1n) is 5.76. The minimum absolute atomic E-state index is 0.113. The van der Waals surface area contributed by atoms with Crippen LogP contribution < -0.4 is 14.8 Å². The van der Waals surface area contributed by atoms with Crippen LogP contribution in [0.5, 0.6) is 11.5 Å². The zero-order chi connectivity index (χ0) is 12.7. The summed E-state index contributed by atoms with van der Waals surface area (Å²) in [5, 5.41) is 2.79. The number of amides is 1. The number of carbonyl (C=O) groups is 1. The lowest BCUT2D eigenvalue weighted by atomic mass is 10.3. The topological polar surface area (TPSA) is 47.6 Å². The molecule has 1 N–H and O–H groups in total. The van der Waals surface area contributed by atoms with Crippen LogP contribution in [0.1, 0.15) is 20.3 Å². The molecule has 0 aromatic heterocycles. The van der Waals surface area contributed by atoms with Crippen molar-refractivity contribution in [1.82, 2.24) is 5.32 Å². The van der Waals surface area contributed by atoms with E-state index >= 15 is 0 Å². The third kappa shape index (κ3) is 3.98. The summed E-state index contributed by atoms with van der Waals surface area (Å²) in [4.78, 5) is 11.6. The van der Waals surface area contributed by atoms with E-state index in [1.807, 2.05) is 19.1 Å². The summed E-state index contributed by atoms with van der Waals surface area (Å²) in [5.74, 6) is 1.09. The van der Waals surface area contributed by atoms with Crippen molar-refractivity contribution in [2.45, 2.75) is 26.4 Å². The summed E-state index contributed by atoms with van der Waals surface area (Å²) in [5.41, 5.74) is 0. The number of para-hydroxylation sites is 2. The van der Waals surface area contributed by atoms with E-state index in [-0.39, 0.29) is 5.91 Å². The summed E-state index contributed by atoms with van der Waals surface area (Å²) in [6, 6.07) is 7.27. The van der Waals surface area contributed by atoms with Crippen molar-refractivity contribution in [2.24, 2.45) is 0 Å². The van der Waals surface area contributed by atoms with E-state index in [1.54, 1.807) is 26.2 Å². The Morgan fingerprint density at radius 1 is 1.35 bits per heavy atom. The molecule has 0 spiro atoms. The van der Waals surface area contributed by atoms with Gasteiger partial charge in [0.2, 0.25) is 0 Å². The van der Waals surface area contributed by atoms with Crippen LogP contribution in [-0.4, -0.2) is 25.7 Å². The molecule has 0 aliphatic carbocycles. The first-order chi connectivity index (χ1) is 8.19. The van der Waals surface area contributed by atoms with Crippen molar-refractivity contribution in [2.75, 3.05) is 13.7 Å². The van der Waals surface area contributed by atoms with Gasteiger partial charge in [-0.25, -0.2) is 0 Å². The Morgan fingerprint density at radius 2 is 2.00 bits per heavy atom. The van der Waals surface area contributed by atoms with E-state index in [2.05, 4.69) is 5.32 Å². The zero-order valence-corrected chi connectivity index (χ0v) is 10.5. The highest BCUT2D eigenvalue weighted by Gasteiger charge is 2.15. The van der Waals surface area contributed by atoms with Gasteiger partial charge in [-0.3, -0.25) is 4.79 Å². The minimum atomic E-state index is -0.530. The quantitative estimate of drug-likeness (QED) is 0.823. The number of rotatable bonds is 6. The van der Waals surface area contributed by atoms with Crippen LogP contribution in [0, 0.1) is 0 Å². The zero-order valence-electron chi connectivity index (χ0n) is 10.5. The molecule has 1 aromatic rings. The summed E-state index contributed by atoms with van der Waals surface area (Å²) < 4.78 is 10.7. The first-order valence-corrected chi connectivity index (χ1v) is 5.76. The number of carbonyl (C=O) groups excluding carboxylic acids is 1. The highest BCUT2D eigenvalue weighted by Crippen LogP contribution is 2.26. The van der Waals surface area contributed by atoms with Gasteiger partial charge in [0, 0.05) is 6.54 Å². The van der Waals surface area contributed by atoms with Crippen molar-refractivity contribution in [1.29, 1.82) is 0 Å². The molecule has 0 aliphatic rings. The van der Waals surface area contributed by atoms with E-state index < -0.39 is 6.10 Å². The molecule has 0 saturated heterocycles. The maximum absolute atomic E-state index is 11.6. The molecule has 4 nitrogen and oxygen atoms in total. The summed E-state index contributed by atoms with van der Waals surface area (Å²) in [7, 11) is 1.57. The molecule has 0 unspecified atom stereocenters. The molecule has 0 saturated carbocycles. The van der Waals surface area contributed by atoms with Crippen LogP contribution in [0.3, 0.4) is 0 Å². The predicted molar refractivity (Wildman–Crippen MR) is 66.4 cm³/mol. The van der Waals surface area contributed by atoms with Crippen molar-refractivity contribution < 1.29 is 14.3 Å². The van der Waals surface area contributed by atoms with Crippen molar-refractivity contribution in [3.8, 4) is 11.5 Å². The molecular weight excluding hydrogens is 218 g/mol. The molecule has 4 heteroatoms. The molecule has 1 aromatic carbocycles. The lowest BCUT2D eigenvalue weighted by Gasteiger charge is -2.16. The molecule has 17 heavy (non-hydrogen) atoms. The Balaban J connectivity index is 2.60. The van der Waals surface area contributed by atoms with Crippen molar-refractivity contribution >= 4 is 5.91 Å². The number of benzene rings is 1. The van der Waals surface area contributed by atoms with Gasteiger partial charge < -0.3 is 14.8 Å². The maximum atomic E-state index is 11.6. The summed E-state index contributed by atoms with van der Waals surface area (Å²) >= 11 is 0. The Bertz CT molecular complexity index is 365. The number of hydrogen-bond acceptors (Lipinski definition) is 3. The van der Waals surface area contributed by atoms with Gasteiger partial charge in [0.1, 0.15) is 0 Å². The number of hydrogen-bond donors (Lipinski definition) is 1. The third-order valence-corrected chi connectivity index (χ3v) is 2.29. The lowest BCUT2D eigenvalue weighted by molar-refractivity contribution is -0.127. The molecular formula is C13H19NO3. The Morgan fingerprint density at radius 3 is 2.59 bits per heavy atom. The van der Waals surface area contributed by atoms with Crippen LogP contribution in [0.4, 0.5) is 0 Å². The number of nitrogens with one attached hydrogen (secondary N) is 1. The minimum Gasteiger partial charge on any atom is -0.493 e. The third-order valence-electron chi connectivity index (χ3n) is 2.29. The molecule has 94 valence electrons. The van der Waals surface area contributed by atoms with Crippen molar-refractivity contribution in [3.63, 3.8) is 0 Å². The van der Waals surface area contributed by atoms with Gasteiger partial charge in [0.05, 0.1) is 7.11 Å². The van der Waals surface area contributed by atoms with Crippen LogP contribution in [-0.2, 0) is 4.79 Å². The molecule has 0 radical (unpaired) electrons. The van der Waals surface area contributed by atoms with Gasteiger partial charge in [-0.05, 0) is 25.5 Å². The molecule has 0 fully saturated rings. The van der Waals surface area contributed by atoms with Gasteiger partial charge in [0.15, 0.2) is 17.6 Å². The van der Waals surface area contributed by atoms with E-state index in [1.165, 1.54) is 0 Å². The summed E-state index contributed by atoms with van der Waals surface area (Å²) in [6.45, 7) is 4.39. The Labute approximate surface area is 102 Å². The molecule has 1 amide bonds. The van der Waals surface area contributed by atoms with E-state index in [9.17, 15) is 4.79 Å². The van der Waals surface area contributed by atoms with Gasteiger partial charge in [-0.1, -0.05) is 19.1 Å². The molecule has 1 atom stereocenters. The fourth-order valence-electron chi connectivity index (χ4n) is 1.35. The van der Waals surface area contributed by atoms with E-state index in [4.69, 9.17) is 9.47 Å². The Kier molecular flexibility index (Phi) is 5.33. The molecule has 0 heterocycles. The van der Waals surface area contributed by atoms with Crippen LogP contribution in [0.2, 0.25) is 0 Å². The second kappa shape index (κ2) is 6.78. The van der Waals surface area contributed by atoms with Crippen molar-refractivity contribution in [3.05, 3.63) is 24.3 Å². The normalized spacial score (nSPS) is 11.7. The van der Waals surface area contributed by atoms with Crippen LogP contribution >= 0.6 is 0 Å². The fourth-order valence-corrected chi connectivity index (χ4v) is 1.35. The molecule has 0 bridgehead atoms. The highest BCUT2D eigenvalue weighted by molar-refractivity contribution is 5.80. The number of ether oxygens (including phenoxy) is 2. The van der Waals surface area contributed by atoms with Gasteiger partial charge in [-0.2, -0.15) is 0 Å². The standard InChI is InChI=1S/C13H19NO3/c1-4-9-14-13(15)10(2)17-12-8-6-5-7-11(12)16-3/h5-8,10H,4,9H2,1-3H3,(H,14,15)/t10-/m0/s1. The maximum Gasteiger partial charge on any atom is 0.260 e. The van der Waals surface area contributed by atoms with Gasteiger partial charge in [-0.15, -0.1) is 0 Å². The SMILES string of the molecule is CCCNC(=O)[C@H](C)Oc1ccccc1OC. The monoisotopic (exact) mass is 237 g/mol. The summed E-state index contributed by atoms with van der Waals surface area (Å²) in [6.07, 6.45) is 0.380. The largest absolute Gasteiger partial charge is 0.493 e. The van der Waals surface area contributed by atoms with Crippen LogP contribution in [0.15, 0.2) is 24.3 Å². The van der Waals surface area contributed by atoms with E-state index in [0.717, 1.165) is 6.42 Å². The van der Waals surface area contributed by atoms with E-state index in [0.29, 0.717) is 18.0 Å². The van der Waals surface area contributed by atoms with Gasteiger partial charge in [0.25, 0.3) is 5.91 Å². The first kappa shape index (κ1) is 13.4. The number of methoxy groups -OCH3 is 1. The molecule has 1 rings (SSSR count). The second-order valence-electron chi connectivity index (χ2n) is 3.70. The van der Waals surface area contributed by atoms with Crippen LogP contribution in [0.25, 0.3) is 0 Å². The smallest absolute Gasteiger partial charge is 0.260 e. The van der Waals surface area contributed by atoms with Gasteiger partial charge >= 0.3 is 0 Å².